The average molecular weight is 271 g/mol. The van der Waals surface area contributed by atoms with E-state index in [2.05, 4.69) is 15.4 Å². The number of ether oxygens (including phenoxy) is 1. The Balaban J connectivity index is 2.47. The molecule has 1 aromatic carbocycles. The number of hydrogen-bond donors (Lipinski definition) is 2. The summed E-state index contributed by atoms with van der Waals surface area (Å²) in [7, 11) is 0. The van der Waals surface area contributed by atoms with E-state index in [1.54, 1.807) is 25.1 Å². The van der Waals surface area contributed by atoms with Gasteiger partial charge in [0.15, 0.2) is 0 Å². The lowest BCUT2D eigenvalue weighted by atomic mass is 10.2. The molecule has 0 aliphatic carbocycles. The molecule has 0 aliphatic heterocycles. The van der Waals surface area contributed by atoms with E-state index in [4.69, 9.17) is 11.6 Å². The number of alkyl carbamates (subject to hydrolysis) is 1. The Bertz CT molecular complexity index is 449. The molecule has 0 saturated carbocycles. The summed E-state index contributed by atoms with van der Waals surface area (Å²) in [6.07, 6.45) is -0.611. The van der Waals surface area contributed by atoms with Crippen LogP contribution in [0.25, 0.3) is 0 Å². The molecule has 0 aliphatic rings. The molecule has 0 atom stereocenters. The predicted molar refractivity (Wildman–Crippen MR) is 69.8 cm³/mol. The molecule has 0 spiro atoms. The van der Waals surface area contributed by atoms with E-state index in [1.807, 2.05) is 6.92 Å². The van der Waals surface area contributed by atoms with Crippen molar-refractivity contribution in [3.8, 4) is 0 Å². The zero-order valence-electron chi connectivity index (χ0n) is 10.2. The second kappa shape index (κ2) is 6.86. The molecule has 18 heavy (non-hydrogen) atoms. The number of aryl methyl sites for hydroxylation is 1. The summed E-state index contributed by atoms with van der Waals surface area (Å²) in [5.74, 6) is -0.325. The molecule has 0 heterocycles. The molecular weight excluding hydrogens is 256 g/mol. The number of rotatable bonds is 4. The zero-order valence-corrected chi connectivity index (χ0v) is 11.0. The van der Waals surface area contributed by atoms with Gasteiger partial charge in [0.25, 0.3) is 0 Å². The van der Waals surface area contributed by atoms with Gasteiger partial charge in [-0.15, -0.1) is 0 Å². The van der Waals surface area contributed by atoms with E-state index < -0.39 is 6.09 Å². The summed E-state index contributed by atoms with van der Waals surface area (Å²) in [4.78, 5) is 22.5. The van der Waals surface area contributed by atoms with Crippen molar-refractivity contribution in [1.29, 1.82) is 0 Å². The molecule has 6 heteroatoms. The van der Waals surface area contributed by atoms with Gasteiger partial charge in [-0.1, -0.05) is 11.6 Å². The van der Waals surface area contributed by atoms with Crippen LogP contribution in [-0.2, 0) is 9.53 Å². The lowest BCUT2D eigenvalue weighted by molar-refractivity contribution is -0.115. The minimum Gasteiger partial charge on any atom is -0.450 e. The smallest absolute Gasteiger partial charge is 0.407 e. The van der Waals surface area contributed by atoms with Gasteiger partial charge in [-0.05, 0) is 37.6 Å². The molecule has 2 N–H and O–H groups in total. The van der Waals surface area contributed by atoms with Gasteiger partial charge in [-0.3, -0.25) is 4.79 Å². The van der Waals surface area contributed by atoms with E-state index in [1.165, 1.54) is 0 Å². The molecule has 0 radical (unpaired) electrons. The summed E-state index contributed by atoms with van der Waals surface area (Å²) in [5.41, 5.74) is 1.52. The maximum absolute atomic E-state index is 11.5. The minimum atomic E-state index is -0.611. The van der Waals surface area contributed by atoms with Crippen molar-refractivity contribution in [3.63, 3.8) is 0 Å². The van der Waals surface area contributed by atoms with Crippen LogP contribution >= 0.6 is 11.6 Å². The van der Waals surface area contributed by atoms with Crippen LogP contribution in [0.1, 0.15) is 12.5 Å². The number of nitrogens with one attached hydrogen (secondary N) is 2. The fourth-order valence-electron chi connectivity index (χ4n) is 1.30. The molecule has 1 aromatic rings. The summed E-state index contributed by atoms with van der Waals surface area (Å²) >= 11 is 5.80. The van der Waals surface area contributed by atoms with Crippen LogP contribution in [0, 0.1) is 6.92 Å². The number of hydrogen-bond acceptors (Lipinski definition) is 3. The first kappa shape index (κ1) is 14.3. The summed E-state index contributed by atoms with van der Waals surface area (Å²) in [5, 5.41) is 5.61. The monoisotopic (exact) mass is 270 g/mol. The van der Waals surface area contributed by atoms with Gasteiger partial charge < -0.3 is 15.4 Å². The zero-order chi connectivity index (χ0) is 13.5. The van der Waals surface area contributed by atoms with Crippen molar-refractivity contribution < 1.29 is 14.3 Å². The van der Waals surface area contributed by atoms with Crippen LogP contribution in [-0.4, -0.2) is 25.2 Å². The van der Waals surface area contributed by atoms with E-state index in [0.29, 0.717) is 10.7 Å². The highest BCUT2D eigenvalue weighted by Gasteiger charge is 2.07. The Labute approximate surface area is 110 Å². The summed E-state index contributed by atoms with van der Waals surface area (Å²) in [6, 6.07) is 5.14. The molecule has 0 unspecified atom stereocenters. The quantitative estimate of drug-likeness (QED) is 0.882. The molecule has 98 valence electrons. The molecule has 2 amide bonds. The normalized spacial score (nSPS) is 9.72. The van der Waals surface area contributed by atoms with Crippen LogP contribution in [0.3, 0.4) is 0 Å². The number of benzene rings is 1. The van der Waals surface area contributed by atoms with Crippen molar-refractivity contribution in [2.75, 3.05) is 18.5 Å². The molecular formula is C12H15ClN2O3. The van der Waals surface area contributed by atoms with Crippen LogP contribution in [0.4, 0.5) is 10.5 Å². The third-order valence-electron chi connectivity index (χ3n) is 2.13. The Morgan fingerprint density at radius 3 is 2.72 bits per heavy atom. The Hall–Kier alpha value is -1.75. The first-order valence-electron chi connectivity index (χ1n) is 5.49. The van der Waals surface area contributed by atoms with Crippen molar-refractivity contribution in [2.45, 2.75) is 13.8 Å². The molecule has 5 nitrogen and oxygen atoms in total. The Morgan fingerprint density at radius 2 is 2.11 bits per heavy atom. The van der Waals surface area contributed by atoms with Crippen LogP contribution in [0.2, 0.25) is 5.02 Å². The van der Waals surface area contributed by atoms with Gasteiger partial charge in [0.05, 0.1) is 6.61 Å². The summed E-state index contributed by atoms with van der Waals surface area (Å²) < 4.78 is 4.63. The van der Waals surface area contributed by atoms with E-state index in [9.17, 15) is 9.59 Å². The number of amides is 2. The highest BCUT2D eigenvalue weighted by molar-refractivity contribution is 6.30. The van der Waals surface area contributed by atoms with Crippen LogP contribution in [0.15, 0.2) is 18.2 Å². The first-order chi connectivity index (χ1) is 8.52. The lowest BCUT2D eigenvalue weighted by Crippen LogP contribution is -2.33. The predicted octanol–water partition coefficient (Wildman–Crippen LogP) is 2.33. The SMILES string of the molecule is CCOC(=O)NCC(=O)Nc1ccc(Cl)cc1C. The highest BCUT2D eigenvalue weighted by Crippen LogP contribution is 2.19. The Kier molecular flexibility index (Phi) is 5.45. The topological polar surface area (TPSA) is 67.4 Å². The third kappa shape index (κ3) is 4.63. The number of anilines is 1. The first-order valence-corrected chi connectivity index (χ1v) is 5.87. The van der Waals surface area contributed by atoms with Crippen molar-refractivity contribution in [1.82, 2.24) is 5.32 Å². The van der Waals surface area contributed by atoms with Crippen LogP contribution < -0.4 is 10.6 Å². The number of carbonyl (C=O) groups excluding carboxylic acids is 2. The van der Waals surface area contributed by atoms with Gasteiger partial charge >= 0.3 is 6.09 Å². The maximum Gasteiger partial charge on any atom is 0.407 e. The minimum absolute atomic E-state index is 0.138. The molecule has 0 fully saturated rings. The molecule has 1 rings (SSSR count). The van der Waals surface area contributed by atoms with Gasteiger partial charge in [-0.25, -0.2) is 4.79 Å². The molecule has 0 saturated heterocycles. The number of halogens is 1. The Morgan fingerprint density at radius 1 is 1.39 bits per heavy atom. The number of carbonyl (C=O) groups is 2. The molecule has 0 bridgehead atoms. The second-order valence-electron chi connectivity index (χ2n) is 3.58. The van der Waals surface area contributed by atoms with E-state index in [0.717, 1.165) is 5.56 Å². The highest BCUT2D eigenvalue weighted by atomic mass is 35.5. The molecule has 0 aromatic heterocycles. The van der Waals surface area contributed by atoms with E-state index in [-0.39, 0.29) is 19.1 Å². The second-order valence-corrected chi connectivity index (χ2v) is 4.02. The van der Waals surface area contributed by atoms with Crippen molar-refractivity contribution >= 4 is 29.3 Å². The largest absolute Gasteiger partial charge is 0.450 e. The summed E-state index contributed by atoms with van der Waals surface area (Å²) in [6.45, 7) is 3.65. The maximum atomic E-state index is 11.5. The van der Waals surface area contributed by atoms with Crippen LogP contribution in [0.5, 0.6) is 0 Å². The fraction of sp³-hybridized carbons (Fsp3) is 0.333. The lowest BCUT2D eigenvalue weighted by Gasteiger charge is -2.09. The van der Waals surface area contributed by atoms with E-state index >= 15 is 0 Å². The van der Waals surface area contributed by atoms with Crippen molar-refractivity contribution in [3.05, 3.63) is 28.8 Å². The fourth-order valence-corrected chi connectivity index (χ4v) is 1.52. The van der Waals surface area contributed by atoms with Gasteiger partial charge in [0, 0.05) is 10.7 Å². The third-order valence-corrected chi connectivity index (χ3v) is 2.37. The van der Waals surface area contributed by atoms with Gasteiger partial charge in [-0.2, -0.15) is 0 Å². The van der Waals surface area contributed by atoms with Gasteiger partial charge in [0.1, 0.15) is 6.54 Å². The standard InChI is InChI=1S/C12H15ClN2O3/c1-3-18-12(17)14-7-11(16)15-10-5-4-9(13)6-8(10)2/h4-6H,3,7H2,1-2H3,(H,14,17)(H,15,16). The van der Waals surface area contributed by atoms with Crippen molar-refractivity contribution in [2.24, 2.45) is 0 Å². The average Bonchev–Trinajstić information content (AvgIpc) is 2.31. The van der Waals surface area contributed by atoms with Gasteiger partial charge in [0.2, 0.25) is 5.91 Å².